The zero-order valence-electron chi connectivity index (χ0n) is 12.6. The quantitative estimate of drug-likeness (QED) is 0.667. The van der Waals surface area contributed by atoms with Crippen molar-refractivity contribution in [2.45, 2.75) is 12.8 Å². The van der Waals surface area contributed by atoms with Crippen LogP contribution < -0.4 is 14.8 Å². The highest BCUT2D eigenvalue weighted by atomic mass is 16.6. The second kappa shape index (κ2) is 6.32. The number of nitriles is 3. The molecule has 0 bridgehead atoms. The van der Waals surface area contributed by atoms with E-state index in [0.29, 0.717) is 36.0 Å². The highest BCUT2D eigenvalue weighted by Crippen LogP contribution is 2.40. The van der Waals surface area contributed by atoms with E-state index in [1.165, 1.54) is 0 Å². The molecule has 0 atom stereocenters. The Morgan fingerprint density at radius 3 is 2.21 bits per heavy atom. The van der Waals surface area contributed by atoms with Crippen molar-refractivity contribution in [1.82, 2.24) is 0 Å². The van der Waals surface area contributed by atoms with Crippen LogP contribution in [0, 0.1) is 39.9 Å². The lowest BCUT2D eigenvalue weighted by atomic mass is 10.0. The first-order valence-corrected chi connectivity index (χ1v) is 7.37. The molecule has 1 aromatic carbocycles. The summed E-state index contributed by atoms with van der Waals surface area (Å²) in [6, 6.07) is 8.26. The first kappa shape index (κ1) is 15.4. The Morgan fingerprint density at radius 2 is 1.67 bits per heavy atom. The first-order valence-electron chi connectivity index (χ1n) is 7.37. The lowest BCUT2D eigenvalue weighted by Crippen LogP contribution is -2.17. The number of anilines is 1. The molecule has 1 aliphatic heterocycles. The minimum Gasteiger partial charge on any atom is -0.486 e. The fourth-order valence-electron chi connectivity index (χ4n) is 2.38. The number of nitrogens with one attached hydrogen (secondary N) is 1. The number of ketones is 1. The monoisotopic (exact) mass is 320 g/mol. The summed E-state index contributed by atoms with van der Waals surface area (Å²) in [4.78, 5) is 12.5. The van der Waals surface area contributed by atoms with Crippen LogP contribution in [0.3, 0.4) is 0 Å². The molecular weight excluding hydrogens is 308 g/mol. The summed E-state index contributed by atoms with van der Waals surface area (Å²) in [5.74, 6) is 0.833. The molecule has 1 aliphatic carbocycles. The average molecular weight is 320 g/mol. The molecule has 0 radical (unpaired) electrons. The SMILES string of the molecule is N#CC(C#N)=C(C#N)Nc1cc2c(cc1C(=O)C1CC1)OCCO2. The fourth-order valence-corrected chi connectivity index (χ4v) is 2.38. The predicted molar refractivity (Wildman–Crippen MR) is 82.0 cm³/mol. The molecule has 0 unspecified atom stereocenters. The van der Waals surface area contributed by atoms with Gasteiger partial charge in [0.05, 0.1) is 5.69 Å². The molecule has 0 aromatic heterocycles. The van der Waals surface area contributed by atoms with Gasteiger partial charge in [-0.1, -0.05) is 0 Å². The van der Waals surface area contributed by atoms with Gasteiger partial charge in [-0.2, -0.15) is 15.8 Å². The van der Waals surface area contributed by atoms with Crippen molar-refractivity contribution in [1.29, 1.82) is 15.8 Å². The Kier molecular flexibility index (Phi) is 4.05. The van der Waals surface area contributed by atoms with Gasteiger partial charge in [-0.15, -0.1) is 0 Å². The van der Waals surface area contributed by atoms with E-state index in [9.17, 15) is 10.1 Å². The van der Waals surface area contributed by atoms with Crippen molar-refractivity contribution in [2.75, 3.05) is 18.5 Å². The van der Waals surface area contributed by atoms with Crippen molar-refractivity contribution in [3.8, 4) is 29.7 Å². The molecule has 1 fully saturated rings. The maximum atomic E-state index is 12.5. The molecule has 0 saturated heterocycles. The molecule has 2 aliphatic rings. The highest BCUT2D eigenvalue weighted by molar-refractivity contribution is 6.05. The largest absolute Gasteiger partial charge is 0.486 e. The smallest absolute Gasteiger partial charge is 0.168 e. The summed E-state index contributed by atoms with van der Waals surface area (Å²) in [7, 11) is 0. The summed E-state index contributed by atoms with van der Waals surface area (Å²) < 4.78 is 11.0. The van der Waals surface area contributed by atoms with Gasteiger partial charge in [0.15, 0.2) is 22.9 Å². The van der Waals surface area contributed by atoms with Gasteiger partial charge in [0.1, 0.15) is 37.1 Å². The van der Waals surface area contributed by atoms with E-state index in [-0.39, 0.29) is 23.0 Å². The Morgan fingerprint density at radius 1 is 1.04 bits per heavy atom. The van der Waals surface area contributed by atoms with E-state index in [0.717, 1.165) is 12.8 Å². The number of carbonyl (C=O) groups excluding carboxylic acids is 1. The van der Waals surface area contributed by atoms with Gasteiger partial charge in [-0.25, -0.2) is 0 Å². The Balaban J connectivity index is 2.07. The van der Waals surface area contributed by atoms with Gasteiger partial charge in [0, 0.05) is 17.5 Å². The van der Waals surface area contributed by atoms with E-state index < -0.39 is 0 Å². The zero-order valence-corrected chi connectivity index (χ0v) is 12.6. The number of allylic oxidation sites excluding steroid dienone is 2. The zero-order chi connectivity index (χ0) is 17.1. The summed E-state index contributed by atoms with van der Waals surface area (Å²) >= 11 is 0. The van der Waals surface area contributed by atoms with E-state index in [1.807, 2.05) is 0 Å². The standard InChI is InChI=1S/C17H12N4O3/c18-7-11(8-19)14(9-20)21-13-6-16-15(23-3-4-24-16)5-12(13)17(22)10-1-2-10/h5-6,10,21H,1-4H2. The first-order chi connectivity index (χ1) is 11.7. The van der Waals surface area contributed by atoms with E-state index in [2.05, 4.69) is 5.32 Å². The summed E-state index contributed by atoms with van der Waals surface area (Å²) in [5, 5.41) is 29.8. The lowest BCUT2D eigenvalue weighted by Gasteiger charge is -2.21. The van der Waals surface area contributed by atoms with Gasteiger partial charge in [-0.05, 0) is 18.9 Å². The number of hydrogen-bond acceptors (Lipinski definition) is 7. The van der Waals surface area contributed by atoms with E-state index in [4.69, 9.17) is 20.0 Å². The molecule has 7 nitrogen and oxygen atoms in total. The minimum atomic E-state index is -0.350. The Labute approximate surface area is 138 Å². The molecular formula is C17H12N4O3. The molecule has 1 aromatic rings. The van der Waals surface area contributed by atoms with Crippen LogP contribution in [0.25, 0.3) is 0 Å². The van der Waals surface area contributed by atoms with Gasteiger partial charge in [0.25, 0.3) is 0 Å². The van der Waals surface area contributed by atoms with Crippen LogP contribution in [0.2, 0.25) is 0 Å². The molecule has 0 amide bonds. The Bertz CT molecular complexity index is 848. The van der Waals surface area contributed by atoms with Crippen molar-refractivity contribution in [3.63, 3.8) is 0 Å². The molecule has 0 spiro atoms. The molecule has 7 heteroatoms. The number of nitrogens with zero attached hydrogens (tertiary/aromatic N) is 3. The third-order valence-corrected chi connectivity index (χ3v) is 3.74. The molecule has 1 N–H and O–H groups in total. The second-order valence-corrected chi connectivity index (χ2v) is 5.39. The van der Waals surface area contributed by atoms with Crippen LogP contribution in [-0.4, -0.2) is 19.0 Å². The number of fused-ring (bicyclic) bond motifs is 1. The van der Waals surface area contributed by atoms with Crippen LogP contribution in [0.1, 0.15) is 23.2 Å². The number of ether oxygens (including phenoxy) is 2. The van der Waals surface area contributed by atoms with Crippen molar-refractivity contribution >= 4 is 11.5 Å². The molecule has 3 rings (SSSR count). The highest BCUT2D eigenvalue weighted by Gasteiger charge is 2.33. The van der Waals surface area contributed by atoms with Gasteiger partial charge in [0.2, 0.25) is 0 Å². The topological polar surface area (TPSA) is 119 Å². The minimum absolute atomic E-state index is 0.0333. The molecule has 24 heavy (non-hydrogen) atoms. The van der Waals surface area contributed by atoms with Crippen LogP contribution in [-0.2, 0) is 0 Å². The van der Waals surface area contributed by atoms with Crippen molar-refractivity contribution < 1.29 is 14.3 Å². The third kappa shape index (κ3) is 2.86. The van der Waals surface area contributed by atoms with E-state index in [1.54, 1.807) is 30.3 Å². The molecule has 1 saturated carbocycles. The summed E-state index contributed by atoms with van der Waals surface area (Å²) in [6.07, 6.45) is 1.66. The molecule has 1 heterocycles. The maximum Gasteiger partial charge on any atom is 0.168 e. The summed E-state index contributed by atoms with van der Waals surface area (Å²) in [6.45, 7) is 0.776. The van der Waals surface area contributed by atoms with Crippen LogP contribution in [0.15, 0.2) is 23.4 Å². The number of carbonyl (C=O) groups is 1. The second-order valence-electron chi connectivity index (χ2n) is 5.39. The normalized spacial score (nSPS) is 14.5. The van der Waals surface area contributed by atoms with Crippen molar-refractivity contribution in [3.05, 3.63) is 29.0 Å². The predicted octanol–water partition coefficient (Wildman–Crippen LogP) is 2.29. The number of rotatable bonds is 4. The summed E-state index contributed by atoms with van der Waals surface area (Å²) in [5.41, 5.74) is 0.138. The third-order valence-electron chi connectivity index (χ3n) is 3.74. The number of Topliss-reactive ketones (excluding diaryl/α,β-unsaturated/α-hetero) is 1. The van der Waals surface area contributed by atoms with Crippen LogP contribution in [0.5, 0.6) is 11.5 Å². The number of benzene rings is 1. The number of hydrogen-bond donors (Lipinski definition) is 1. The van der Waals surface area contributed by atoms with Crippen LogP contribution in [0.4, 0.5) is 5.69 Å². The van der Waals surface area contributed by atoms with Crippen molar-refractivity contribution in [2.24, 2.45) is 5.92 Å². The van der Waals surface area contributed by atoms with Crippen LogP contribution >= 0.6 is 0 Å². The average Bonchev–Trinajstić information content (AvgIpc) is 3.45. The maximum absolute atomic E-state index is 12.5. The van der Waals surface area contributed by atoms with Gasteiger partial charge < -0.3 is 14.8 Å². The van der Waals surface area contributed by atoms with Gasteiger partial charge in [-0.3, -0.25) is 4.79 Å². The van der Waals surface area contributed by atoms with Gasteiger partial charge >= 0.3 is 0 Å². The lowest BCUT2D eigenvalue weighted by molar-refractivity contribution is 0.0967. The Hall–Kier alpha value is -3.50. The fraction of sp³-hybridized carbons (Fsp3) is 0.294. The van der Waals surface area contributed by atoms with E-state index >= 15 is 0 Å². The molecule has 118 valence electrons.